The van der Waals surface area contributed by atoms with Gasteiger partial charge in [0.15, 0.2) is 0 Å². The quantitative estimate of drug-likeness (QED) is 0.642. The molecule has 0 unspecified atom stereocenters. The molecule has 2 rings (SSSR count). The summed E-state index contributed by atoms with van der Waals surface area (Å²) in [6.07, 6.45) is 2.35. The predicted octanol–water partition coefficient (Wildman–Crippen LogP) is 3.89. The van der Waals surface area contributed by atoms with Crippen LogP contribution in [0.1, 0.15) is 39.2 Å². The third-order valence-electron chi connectivity index (χ3n) is 4.32. The van der Waals surface area contributed by atoms with Gasteiger partial charge in [-0.3, -0.25) is 5.41 Å². The third kappa shape index (κ3) is 3.09. The molecule has 20 heavy (non-hydrogen) atoms. The summed E-state index contributed by atoms with van der Waals surface area (Å²) in [4.78, 5) is 2.31. The number of nitrogen functional groups attached to an aromatic ring is 1. The normalized spacial score (nSPS) is 17.3. The van der Waals surface area contributed by atoms with Crippen LogP contribution >= 0.6 is 11.6 Å². The SMILES string of the molecule is CC(C)(C)C1CCN(c2cccc(Cl)c2C(=N)N)CC1. The summed E-state index contributed by atoms with van der Waals surface area (Å²) in [6.45, 7) is 8.94. The maximum absolute atomic E-state index is 7.74. The van der Waals surface area contributed by atoms with Gasteiger partial charge in [0.1, 0.15) is 5.84 Å². The van der Waals surface area contributed by atoms with Gasteiger partial charge in [-0.15, -0.1) is 0 Å². The van der Waals surface area contributed by atoms with Crippen LogP contribution < -0.4 is 10.6 Å². The molecule has 0 aromatic heterocycles. The topological polar surface area (TPSA) is 53.1 Å². The molecule has 0 amide bonds. The van der Waals surface area contributed by atoms with E-state index in [4.69, 9.17) is 22.7 Å². The molecule has 3 N–H and O–H groups in total. The van der Waals surface area contributed by atoms with E-state index in [-0.39, 0.29) is 5.84 Å². The smallest absolute Gasteiger partial charge is 0.126 e. The van der Waals surface area contributed by atoms with Gasteiger partial charge in [-0.1, -0.05) is 38.4 Å². The Bertz CT molecular complexity index is 497. The molecular formula is C16H24ClN3. The summed E-state index contributed by atoms with van der Waals surface area (Å²) in [5.41, 5.74) is 7.72. The second-order valence-corrected chi connectivity index (χ2v) is 7.08. The van der Waals surface area contributed by atoms with Crippen LogP contribution in [-0.4, -0.2) is 18.9 Å². The van der Waals surface area contributed by atoms with Crippen molar-refractivity contribution in [2.45, 2.75) is 33.6 Å². The molecule has 1 aromatic carbocycles. The van der Waals surface area contributed by atoms with E-state index in [1.165, 1.54) is 12.8 Å². The summed E-state index contributed by atoms with van der Waals surface area (Å²) in [7, 11) is 0. The third-order valence-corrected chi connectivity index (χ3v) is 4.64. The predicted molar refractivity (Wildman–Crippen MR) is 86.9 cm³/mol. The maximum atomic E-state index is 7.74. The summed E-state index contributed by atoms with van der Waals surface area (Å²) in [5, 5.41) is 8.30. The van der Waals surface area contributed by atoms with Gasteiger partial charge in [0.2, 0.25) is 0 Å². The summed E-state index contributed by atoms with van der Waals surface area (Å²) in [5.74, 6) is 0.794. The monoisotopic (exact) mass is 293 g/mol. The van der Waals surface area contributed by atoms with E-state index in [1.807, 2.05) is 12.1 Å². The van der Waals surface area contributed by atoms with Crippen LogP contribution in [-0.2, 0) is 0 Å². The van der Waals surface area contributed by atoms with Crippen molar-refractivity contribution in [1.29, 1.82) is 5.41 Å². The Morgan fingerprint density at radius 1 is 1.30 bits per heavy atom. The minimum absolute atomic E-state index is 0.0449. The van der Waals surface area contributed by atoms with Crippen molar-refractivity contribution in [3.05, 3.63) is 28.8 Å². The Hall–Kier alpha value is -1.22. The molecule has 1 aliphatic heterocycles. The Balaban J connectivity index is 2.19. The van der Waals surface area contributed by atoms with Crippen LogP contribution in [0.4, 0.5) is 5.69 Å². The van der Waals surface area contributed by atoms with Gasteiger partial charge in [-0.2, -0.15) is 0 Å². The standard InChI is InChI=1S/C16H24ClN3/c1-16(2,3)11-7-9-20(10-8-11)13-6-4-5-12(17)14(13)15(18)19/h4-6,11H,7-10H2,1-3H3,(H3,18,19). The molecule has 0 saturated carbocycles. The highest BCUT2D eigenvalue weighted by molar-refractivity contribution is 6.34. The molecular weight excluding hydrogens is 270 g/mol. The molecule has 0 spiro atoms. The minimum Gasteiger partial charge on any atom is -0.384 e. The fourth-order valence-corrected chi connectivity index (χ4v) is 3.30. The molecule has 4 heteroatoms. The van der Waals surface area contributed by atoms with Crippen molar-refractivity contribution in [1.82, 2.24) is 0 Å². The average molecular weight is 294 g/mol. The van der Waals surface area contributed by atoms with Gasteiger partial charge in [-0.05, 0) is 36.3 Å². The van der Waals surface area contributed by atoms with E-state index in [0.29, 0.717) is 16.0 Å². The number of benzene rings is 1. The number of amidine groups is 1. The van der Waals surface area contributed by atoms with Crippen LogP contribution in [0.15, 0.2) is 18.2 Å². The van der Waals surface area contributed by atoms with Crippen LogP contribution in [0.25, 0.3) is 0 Å². The molecule has 0 bridgehead atoms. The summed E-state index contributed by atoms with van der Waals surface area (Å²) in [6, 6.07) is 5.74. The molecule has 1 saturated heterocycles. The number of rotatable bonds is 2. The number of piperidine rings is 1. The Labute approximate surface area is 126 Å². The van der Waals surface area contributed by atoms with E-state index in [9.17, 15) is 0 Å². The van der Waals surface area contributed by atoms with Crippen molar-refractivity contribution in [2.75, 3.05) is 18.0 Å². The van der Waals surface area contributed by atoms with Crippen molar-refractivity contribution in [2.24, 2.45) is 17.1 Å². The molecule has 110 valence electrons. The zero-order chi connectivity index (χ0) is 14.9. The van der Waals surface area contributed by atoms with Crippen LogP contribution in [0.3, 0.4) is 0 Å². The summed E-state index contributed by atoms with van der Waals surface area (Å²) < 4.78 is 0. The van der Waals surface area contributed by atoms with Crippen LogP contribution in [0.2, 0.25) is 5.02 Å². The van der Waals surface area contributed by atoms with E-state index in [2.05, 4.69) is 25.7 Å². The lowest BCUT2D eigenvalue weighted by Gasteiger charge is -2.40. The first kappa shape index (κ1) is 15.2. The number of nitrogens with two attached hydrogens (primary N) is 1. The average Bonchev–Trinajstić information content (AvgIpc) is 2.37. The number of hydrogen-bond donors (Lipinski definition) is 2. The number of nitrogens with zero attached hydrogens (tertiary/aromatic N) is 1. The lowest BCUT2D eigenvalue weighted by atomic mass is 9.75. The number of halogens is 1. The van der Waals surface area contributed by atoms with E-state index in [1.54, 1.807) is 6.07 Å². The Kier molecular flexibility index (Phi) is 4.28. The molecule has 1 heterocycles. The Morgan fingerprint density at radius 3 is 2.40 bits per heavy atom. The van der Waals surface area contributed by atoms with Crippen molar-refractivity contribution < 1.29 is 0 Å². The van der Waals surface area contributed by atoms with Gasteiger partial charge in [0, 0.05) is 18.8 Å². The molecule has 0 radical (unpaired) electrons. The number of nitrogens with one attached hydrogen (secondary N) is 1. The summed E-state index contributed by atoms with van der Waals surface area (Å²) >= 11 is 6.20. The van der Waals surface area contributed by atoms with Gasteiger partial charge in [-0.25, -0.2) is 0 Å². The van der Waals surface area contributed by atoms with Crippen molar-refractivity contribution in [3.8, 4) is 0 Å². The van der Waals surface area contributed by atoms with E-state index < -0.39 is 0 Å². The first-order valence-corrected chi connectivity index (χ1v) is 7.56. The number of hydrogen-bond acceptors (Lipinski definition) is 2. The zero-order valence-electron chi connectivity index (χ0n) is 12.5. The lowest BCUT2D eigenvalue weighted by molar-refractivity contribution is 0.199. The van der Waals surface area contributed by atoms with E-state index in [0.717, 1.165) is 24.7 Å². The second-order valence-electron chi connectivity index (χ2n) is 6.67. The number of anilines is 1. The highest BCUT2D eigenvalue weighted by atomic mass is 35.5. The highest BCUT2D eigenvalue weighted by Gasteiger charge is 2.29. The minimum atomic E-state index is 0.0449. The zero-order valence-corrected chi connectivity index (χ0v) is 13.3. The largest absolute Gasteiger partial charge is 0.384 e. The molecule has 1 aromatic rings. The van der Waals surface area contributed by atoms with E-state index >= 15 is 0 Å². The molecule has 1 fully saturated rings. The first-order chi connectivity index (χ1) is 9.30. The Morgan fingerprint density at radius 2 is 1.90 bits per heavy atom. The van der Waals surface area contributed by atoms with Gasteiger partial charge in [0.05, 0.1) is 10.6 Å². The lowest BCUT2D eigenvalue weighted by Crippen LogP contribution is -2.39. The van der Waals surface area contributed by atoms with Crippen LogP contribution in [0.5, 0.6) is 0 Å². The molecule has 1 aliphatic rings. The highest BCUT2D eigenvalue weighted by Crippen LogP contribution is 2.37. The van der Waals surface area contributed by atoms with Gasteiger partial charge in [0.25, 0.3) is 0 Å². The van der Waals surface area contributed by atoms with Gasteiger partial charge >= 0.3 is 0 Å². The second kappa shape index (κ2) is 5.65. The maximum Gasteiger partial charge on any atom is 0.126 e. The van der Waals surface area contributed by atoms with Crippen LogP contribution in [0, 0.1) is 16.7 Å². The molecule has 0 atom stereocenters. The van der Waals surface area contributed by atoms with Gasteiger partial charge < -0.3 is 10.6 Å². The van der Waals surface area contributed by atoms with Crippen molar-refractivity contribution >= 4 is 23.1 Å². The fourth-order valence-electron chi connectivity index (χ4n) is 3.03. The molecule has 3 nitrogen and oxygen atoms in total. The molecule has 0 aliphatic carbocycles. The first-order valence-electron chi connectivity index (χ1n) is 7.18. The fraction of sp³-hybridized carbons (Fsp3) is 0.562. The van der Waals surface area contributed by atoms with Crippen molar-refractivity contribution in [3.63, 3.8) is 0 Å².